The van der Waals surface area contributed by atoms with E-state index in [9.17, 15) is 10.5 Å². The number of nitriles is 2. The van der Waals surface area contributed by atoms with Gasteiger partial charge in [0.25, 0.3) is 0 Å². The molecule has 11 aromatic carbocycles. The molecular formula is C68H40N6. The number of nitrogens with zero attached hydrogens (tertiary/aromatic N) is 6. The van der Waals surface area contributed by atoms with Crippen molar-refractivity contribution in [3.8, 4) is 57.1 Å². The van der Waals surface area contributed by atoms with Gasteiger partial charge in [0.05, 0.1) is 67.1 Å². The van der Waals surface area contributed by atoms with Crippen LogP contribution in [0.25, 0.3) is 132 Å². The molecule has 4 aromatic heterocycles. The van der Waals surface area contributed by atoms with Crippen molar-refractivity contribution in [2.75, 3.05) is 0 Å². The van der Waals surface area contributed by atoms with Gasteiger partial charge in [0, 0.05) is 54.5 Å². The van der Waals surface area contributed by atoms with Crippen molar-refractivity contribution in [3.05, 3.63) is 254 Å². The third-order valence-electron chi connectivity index (χ3n) is 15.2. The number of aromatic nitrogens is 4. The molecule has 0 N–H and O–H groups in total. The van der Waals surface area contributed by atoms with Crippen LogP contribution < -0.4 is 0 Å². The fourth-order valence-electron chi connectivity index (χ4n) is 12.1. The van der Waals surface area contributed by atoms with Crippen molar-refractivity contribution in [2.24, 2.45) is 0 Å². The molecule has 15 rings (SSSR count). The first kappa shape index (κ1) is 41.4. The highest BCUT2D eigenvalue weighted by Gasteiger charge is 2.27. The SMILES string of the molecule is N#Cc1cc(-c2ccccc2)cc(-c2cc(-n3c4ccccc4c4c3ccc3c5ccccc5n(-c5ccccc5)c34)c(C#N)c(-n3c4ccccc4c4ccc5c(c6ccccc6n5-c5ccccc5)c43)c2)c1. The molecule has 0 aliphatic carbocycles. The molecule has 342 valence electrons. The maximum absolute atomic E-state index is 12.1. The molecule has 0 atom stereocenters. The van der Waals surface area contributed by atoms with Crippen LogP contribution in [0.3, 0.4) is 0 Å². The van der Waals surface area contributed by atoms with Crippen LogP contribution in [0.5, 0.6) is 0 Å². The zero-order chi connectivity index (χ0) is 49.0. The topological polar surface area (TPSA) is 67.3 Å². The Morgan fingerprint density at radius 2 is 0.676 bits per heavy atom. The minimum atomic E-state index is 0.520. The average Bonchev–Trinajstić information content (AvgIpc) is 4.20. The van der Waals surface area contributed by atoms with Crippen LogP contribution in [0, 0.1) is 22.7 Å². The highest BCUT2D eigenvalue weighted by molar-refractivity contribution is 6.28. The molecule has 0 fully saturated rings. The Morgan fingerprint density at radius 3 is 1.23 bits per heavy atom. The lowest BCUT2D eigenvalue weighted by Gasteiger charge is -2.19. The van der Waals surface area contributed by atoms with Gasteiger partial charge in [0.1, 0.15) is 11.6 Å². The van der Waals surface area contributed by atoms with Crippen molar-refractivity contribution in [1.29, 1.82) is 10.5 Å². The van der Waals surface area contributed by atoms with Crippen molar-refractivity contribution >= 4 is 87.2 Å². The zero-order valence-electron chi connectivity index (χ0n) is 39.8. The lowest BCUT2D eigenvalue weighted by atomic mass is 9.94. The lowest BCUT2D eigenvalue weighted by Crippen LogP contribution is -2.05. The Morgan fingerprint density at radius 1 is 0.270 bits per heavy atom. The molecule has 0 radical (unpaired) electrons. The summed E-state index contributed by atoms with van der Waals surface area (Å²) in [7, 11) is 0. The summed E-state index contributed by atoms with van der Waals surface area (Å²) in [6, 6.07) is 90.6. The smallest absolute Gasteiger partial charge is 0.104 e. The largest absolute Gasteiger partial charge is 0.309 e. The van der Waals surface area contributed by atoms with Gasteiger partial charge in [-0.25, -0.2) is 0 Å². The van der Waals surface area contributed by atoms with Crippen molar-refractivity contribution in [1.82, 2.24) is 18.3 Å². The molecule has 0 saturated carbocycles. The number of rotatable bonds is 6. The van der Waals surface area contributed by atoms with Gasteiger partial charge in [-0.1, -0.05) is 152 Å². The highest BCUT2D eigenvalue weighted by atomic mass is 15.0. The molecule has 74 heavy (non-hydrogen) atoms. The fourth-order valence-corrected chi connectivity index (χ4v) is 12.1. The Balaban J connectivity index is 1.13. The van der Waals surface area contributed by atoms with Gasteiger partial charge in [0.15, 0.2) is 0 Å². The quantitative estimate of drug-likeness (QED) is 0.167. The van der Waals surface area contributed by atoms with E-state index in [4.69, 9.17) is 0 Å². The van der Waals surface area contributed by atoms with E-state index in [-0.39, 0.29) is 0 Å². The molecule has 4 heterocycles. The monoisotopic (exact) mass is 940 g/mol. The number of hydrogen-bond acceptors (Lipinski definition) is 2. The first-order chi connectivity index (χ1) is 36.7. The Labute approximate surface area is 424 Å². The third-order valence-corrected chi connectivity index (χ3v) is 15.2. The summed E-state index contributed by atoms with van der Waals surface area (Å²) in [5, 5.41) is 31.6. The molecule has 0 aliphatic rings. The van der Waals surface area contributed by atoms with Gasteiger partial charge in [-0.15, -0.1) is 0 Å². The van der Waals surface area contributed by atoms with E-state index in [0.29, 0.717) is 11.1 Å². The first-order valence-electron chi connectivity index (χ1n) is 24.9. The predicted octanol–water partition coefficient (Wildman–Crippen LogP) is 17.2. The molecule has 0 bridgehead atoms. The molecule has 6 nitrogen and oxygen atoms in total. The second-order valence-electron chi connectivity index (χ2n) is 19.1. The fraction of sp³-hybridized carbons (Fsp3) is 0. The van der Waals surface area contributed by atoms with Gasteiger partial charge in [-0.2, -0.15) is 10.5 Å². The lowest BCUT2D eigenvalue weighted by molar-refractivity contribution is 1.12. The summed E-state index contributed by atoms with van der Waals surface area (Å²) in [5.74, 6) is 0. The van der Waals surface area contributed by atoms with Crippen LogP contribution in [0.2, 0.25) is 0 Å². The minimum absolute atomic E-state index is 0.520. The van der Waals surface area contributed by atoms with Gasteiger partial charge in [-0.3, -0.25) is 0 Å². The van der Waals surface area contributed by atoms with Crippen molar-refractivity contribution in [2.45, 2.75) is 0 Å². The second kappa shape index (κ2) is 16.1. The highest BCUT2D eigenvalue weighted by Crippen LogP contribution is 2.47. The average molecular weight is 941 g/mol. The number of fused-ring (bicyclic) bond motifs is 14. The summed E-state index contributed by atoms with van der Waals surface area (Å²) >= 11 is 0. The molecule has 0 aliphatic heterocycles. The van der Waals surface area contributed by atoms with E-state index in [1.54, 1.807) is 0 Å². The Kier molecular flexibility index (Phi) is 8.99. The predicted molar refractivity (Wildman–Crippen MR) is 304 cm³/mol. The molecule has 0 amide bonds. The van der Waals surface area contributed by atoms with Crippen molar-refractivity contribution < 1.29 is 0 Å². The number of benzene rings is 11. The molecular weight excluding hydrogens is 901 g/mol. The van der Waals surface area contributed by atoms with E-state index in [1.807, 2.05) is 30.3 Å². The molecule has 15 aromatic rings. The molecule has 0 saturated heterocycles. The summed E-state index contributed by atoms with van der Waals surface area (Å²) in [6.07, 6.45) is 0. The van der Waals surface area contributed by atoms with Crippen molar-refractivity contribution in [3.63, 3.8) is 0 Å². The molecule has 0 spiro atoms. The number of hydrogen-bond donors (Lipinski definition) is 0. The van der Waals surface area contributed by atoms with Crippen LogP contribution in [0.4, 0.5) is 0 Å². The first-order valence-corrected chi connectivity index (χ1v) is 24.9. The van der Waals surface area contributed by atoms with E-state index in [1.165, 1.54) is 5.39 Å². The maximum Gasteiger partial charge on any atom is 0.104 e. The van der Waals surface area contributed by atoms with E-state index < -0.39 is 0 Å². The van der Waals surface area contributed by atoms with E-state index in [2.05, 4.69) is 243 Å². The van der Waals surface area contributed by atoms with Crippen LogP contribution in [-0.2, 0) is 0 Å². The van der Waals surface area contributed by atoms with E-state index in [0.717, 1.165) is 127 Å². The standard InChI is InChI=1S/C68H40N6/c69-41-43-36-45(44-18-4-1-5-19-44)38-46(37-43)47-39-63(73-60-31-17-13-27-55(60)66-62(73)35-33-52-50-24-10-14-28-57(50)72(67(52)66)49-22-8-3-9-23-49)56(42-70)64(40-47)74-58-29-15-11-25-51(58)53-32-34-61-65(68(53)74)54-26-12-16-30-59(54)71(61)48-20-6-2-7-21-48/h1-40H. The molecule has 6 heteroatoms. The van der Waals surface area contributed by atoms with Crippen LogP contribution in [-0.4, -0.2) is 18.3 Å². The van der Waals surface area contributed by atoms with Crippen LogP contribution in [0.1, 0.15) is 11.1 Å². The maximum atomic E-state index is 12.1. The second-order valence-corrected chi connectivity index (χ2v) is 19.1. The van der Waals surface area contributed by atoms with Gasteiger partial charge < -0.3 is 18.3 Å². The van der Waals surface area contributed by atoms with Crippen LogP contribution >= 0.6 is 0 Å². The Bertz CT molecular complexity index is 4900. The van der Waals surface area contributed by atoms with E-state index >= 15 is 0 Å². The zero-order valence-corrected chi connectivity index (χ0v) is 39.8. The summed E-state index contributed by atoms with van der Waals surface area (Å²) in [4.78, 5) is 0. The number of para-hydroxylation sites is 6. The van der Waals surface area contributed by atoms with Gasteiger partial charge in [0.2, 0.25) is 0 Å². The normalized spacial score (nSPS) is 11.8. The molecule has 0 unspecified atom stereocenters. The summed E-state index contributed by atoms with van der Waals surface area (Å²) < 4.78 is 9.39. The summed E-state index contributed by atoms with van der Waals surface area (Å²) in [6.45, 7) is 0. The van der Waals surface area contributed by atoms with Gasteiger partial charge >= 0.3 is 0 Å². The van der Waals surface area contributed by atoms with Crippen LogP contribution in [0.15, 0.2) is 243 Å². The third kappa shape index (κ3) is 5.91. The Hall–Kier alpha value is -10.4. The summed E-state index contributed by atoms with van der Waals surface area (Å²) in [5.41, 5.74) is 16.7. The van der Waals surface area contributed by atoms with Gasteiger partial charge in [-0.05, 0) is 113 Å². The minimum Gasteiger partial charge on any atom is -0.309 e.